The molecule has 2 N–H and O–H groups in total. The van der Waals surface area contributed by atoms with Gasteiger partial charge in [-0.25, -0.2) is 18.1 Å². The average Bonchev–Trinajstić information content (AvgIpc) is 3.16. The lowest BCUT2D eigenvalue weighted by Crippen LogP contribution is -2.18. The van der Waals surface area contributed by atoms with Crippen LogP contribution in [0.4, 0.5) is 5.69 Å². The van der Waals surface area contributed by atoms with Crippen molar-refractivity contribution in [3.63, 3.8) is 0 Å². The predicted molar refractivity (Wildman–Crippen MR) is 82.5 cm³/mol. The molecule has 9 heteroatoms. The molecule has 0 aliphatic carbocycles. The summed E-state index contributed by atoms with van der Waals surface area (Å²) in [5.41, 5.74) is 3.15. The zero-order valence-electron chi connectivity index (χ0n) is 11.4. The normalized spacial score (nSPS) is 11.7. The number of fused-ring (bicyclic) bond motifs is 1. The van der Waals surface area contributed by atoms with Gasteiger partial charge in [0.15, 0.2) is 5.76 Å². The molecule has 3 aromatic rings. The molecule has 0 spiro atoms. The van der Waals surface area contributed by atoms with Crippen molar-refractivity contribution in [3.05, 3.63) is 41.6 Å². The molecule has 0 aliphatic heterocycles. The summed E-state index contributed by atoms with van der Waals surface area (Å²) in [5.74, 6) is -0.611. The van der Waals surface area contributed by atoms with Crippen LogP contribution in [0, 0.1) is 0 Å². The second-order valence-corrected chi connectivity index (χ2v) is 7.02. The fraction of sp³-hybridized carbons (Fsp3) is 0.0769. The summed E-state index contributed by atoms with van der Waals surface area (Å²) in [6, 6.07) is 7.84. The van der Waals surface area contributed by atoms with E-state index in [4.69, 9.17) is 4.42 Å². The number of thiazole rings is 1. The summed E-state index contributed by atoms with van der Waals surface area (Å²) < 4.78 is 31.3. The van der Waals surface area contributed by atoms with Gasteiger partial charge in [0.05, 0.1) is 15.7 Å². The van der Waals surface area contributed by atoms with Crippen molar-refractivity contribution in [1.82, 2.24) is 9.71 Å². The zero-order chi connectivity index (χ0) is 15.7. The van der Waals surface area contributed by atoms with Crippen molar-refractivity contribution >= 4 is 43.2 Å². The van der Waals surface area contributed by atoms with Gasteiger partial charge in [-0.05, 0) is 37.4 Å². The number of nitrogens with one attached hydrogen (secondary N) is 2. The van der Waals surface area contributed by atoms with Gasteiger partial charge in [0.25, 0.3) is 15.9 Å². The molecule has 7 nitrogen and oxygen atoms in total. The molecule has 0 fully saturated rings. The van der Waals surface area contributed by atoms with Crippen LogP contribution in [0.1, 0.15) is 10.6 Å². The molecular formula is C13H11N3O4S2. The van der Waals surface area contributed by atoms with Crippen LogP contribution in [0.2, 0.25) is 0 Å². The first-order chi connectivity index (χ1) is 10.5. The minimum Gasteiger partial charge on any atom is -0.438 e. The van der Waals surface area contributed by atoms with E-state index in [-0.39, 0.29) is 10.9 Å². The summed E-state index contributed by atoms with van der Waals surface area (Å²) in [4.78, 5) is 16.2. The number of sulfonamides is 1. The maximum Gasteiger partial charge on any atom is 0.291 e. The molecule has 0 saturated heterocycles. The lowest BCUT2D eigenvalue weighted by molar-refractivity contribution is 0.0991. The molecule has 0 atom stereocenters. The molecule has 0 aliphatic rings. The Morgan fingerprint density at radius 3 is 2.86 bits per heavy atom. The summed E-state index contributed by atoms with van der Waals surface area (Å²) in [7, 11) is -2.44. The predicted octanol–water partition coefficient (Wildman–Crippen LogP) is 2.05. The second kappa shape index (κ2) is 5.52. The number of amides is 1. The lowest BCUT2D eigenvalue weighted by Gasteiger charge is -2.03. The van der Waals surface area contributed by atoms with Crippen LogP contribution in [0.3, 0.4) is 0 Å². The summed E-state index contributed by atoms with van der Waals surface area (Å²) >= 11 is 1.46. The number of rotatable bonds is 4. The number of aromatic nitrogens is 1. The van der Waals surface area contributed by atoms with Gasteiger partial charge in [0.1, 0.15) is 0 Å². The van der Waals surface area contributed by atoms with Crippen molar-refractivity contribution in [2.45, 2.75) is 5.09 Å². The van der Waals surface area contributed by atoms with Crippen molar-refractivity contribution in [2.75, 3.05) is 12.4 Å². The van der Waals surface area contributed by atoms with Gasteiger partial charge < -0.3 is 9.73 Å². The topological polar surface area (TPSA) is 101 Å². The van der Waals surface area contributed by atoms with Crippen LogP contribution in [0.15, 0.2) is 45.4 Å². The van der Waals surface area contributed by atoms with Crippen LogP contribution >= 0.6 is 11.3 Å². The van der Waals surface area contributed by atoms with Crippen molar-refractivity contribution in [3.8, 4) is 0 Å². The molecule has 2 heterocycles. The Labute approximate surface area is 130 Å². The smallest absolute Gasteiger partial charge is 0.291 e. The maximum absolute atomic E-state index is 12.1. The molecule has 0 saturated carbocycles. The van der Waals surface area contributed by atoms with Gasteiger partial charge in [-0.1, -0.05) is 0 Å². The molecule has 0 unspecified atom stereocenters. The largest absolute Gasteiger partial charge is 0.438 e. The number of furan rings is 1. The fourth-order valence-electron chi connectivity index (χ4n) is 1.81. The van der Waals surface area contributed by atoms with E-state index in [0.29, 0.717) is 5.69 Å². The Kier molecular flexibility index (Phi) is 3.69. The van der Waals surface area contributed by atoms with Crippen LogP contribution in [-0.4, -0.2) is 26.4 Å². The molecule has 22 heavy (non-hydrogen) atoms. The Balaban J connectivity index is 1.82. The van der Waals surface area contributed by atoms with E-state index in [2.05, 4.69) is 15.0 Å². The minimum absolute atomic E-state index is 0.0850. The minimum atomic E-state index is -3.71. The number of benzene rings is 1. The molecule has 1 aromatic carbocycles. The van der Waals surface area contributed by atoms with Gasteiger partial charge in [-0.15, -0.1) is 11.3 Å². The molecule has 2 aromatic heterocycles. The molecule has 0 radical (unpaired) electrons. The van der Waals surface area contributed by atoms with Crippen molar-refractivity contribution < 1.29 is 17.6 Å². The third-order valence-corrected chi connectivity index (χ3v) is 5.01. The number of hydrogen-bond donors (Lipinski definition) is 2. The van der Waals surface area contributed by atoms with E-state index in [0.717, 1.165) is 10.2 Å². The van der Waals surface area contributed by atoms with Crippen LogP contribution in [0.5, 0.6) is 0 Å². The van der Waals surface area contributed by atoms with E-state index < -0.39 is 15.9 Å². The van der Waals surface area contributed by atoms with Gasteiger partial charge in [0.2, 0.25) is 5.09 Å². The first-order valence-corrected chi connectivity index (χ1v) is 8.54. The van der Waals surface area contributed by atoms with Crippen LogP contribution in [-0.2, 0) is 10.0 Å². The standard InChI is InChI=1S/C13H11N3O4S2/c1-14-22(18,19)12-5-4-10(20-12)13(17)16-8-2-3-9-11(6-8)21-7-15-9/h2-7,14H,1H3,(H,16,17). The highest BCUT2D eigenvalue weighted by Gasteiger charge is 2.19. The maximum atomic E-state index is 12.1. The lowest BCUT2D eigenvalue weighted by atomic mass is 10.3. The van der Waals surface area contributed by atoms with Crippen molar-refractivity contribution in [2.24, 2.45) is 0 Å². The number of carbonyl (C=O) groups is 1. The number of hydrogen-bond acceptors (Lipinski definition) is 6. The van der Waals surface area contributed by atoms with Gasteiger partial charge in [0, 0.05) is 5.69 Å². The average molecular weight is 337 g/mol. The molecular weight excluding hydrogens is 326 g/mol. The number of anilines is 1. The first-order valence-electron chi connectivity index (χ1n) is 6.17. The summed E-state index contributed by atoms with van der Waals surface area (Å²) in [6.45, 7) is 0. The SMILES string of the molecule is CNS(=O)(=O)c1ccc(C(=O)Nc2ccc3ncsc3c2)o1. The Bertz CT molecular complexity index is 943. The quantitative estimate of drug-likeness (QED) is 0.759. The third-order valence-electron chi connectivity index (χ3n) is 2.93. The van der Waals surface area contributed by atoms with E-state index in [1.54, 1.807) is 23.7 Å². The van der Waals surface area contributed by atoms with Crippen LogP contribution in [0.25, 0.3) is 10.2 Å². The second-order valence-electron chi connectivity index (χ2n) is 4.32. The first kappa shape index (κ1) is 14.7. The molecule has 3 rings (SSSR count). The van der Waals surface area contributed by atoms with Crippen molar-refractivity contribution in [1.29, 1.82) is 0 Å². The van der Waals surface area contributed by atoms with Gasteiger partial charge in [-0.3, -0.25) is 4.79 Å². The monoisotopic (exact) mass is 337 g/mol. The van der Waals surface area contributed by atoms with Gasteiger partial charge >= 0.3 is 0 Å². The highest BCUT2D eigenvalue weighted by Crippen LogP contribution is 2.22. The number of carbonyl (C=O) groups excluding carboxylic acids is 1. The Hall–Kier alpha value is -2.23. The highest BCUT2D eigenvalue weighted by atomic mass is 32.2. The summed E-state index contributed by atoms with van der Waals surface area (Å²) in [6.07, 6.45) is 0. The van der Waals surface area contributed by atoms with E-state index in [1.165, 1.54) is 30.5 Å². The van der Waals surface area contributed by atoms with E-state index >= 15 is 0 Å². The van der Waals surface area contributed by atoms with Gasteiger partial charge in [-0.2, -0.15) is 0 Å². The highest BCUT2D eigenvalue weighted by molar-refractivity contribution is 7.89. The summed E-state index contributed by atoms with van der Waals surface area (Å²) in [5, 5.41) is 2.35. The Morgan fingerprint density at radius 1 is 1.27 bits per heavy atom. The molecule has 0 bridgehead atoms. The Morgan fingerprint density at radius 2 is 2.09 bits per heavy atom. The van der Waals surface area contributed by atoms with Crippen LogP contribution < -0.4 is 10.0 Å². The third kappa shape index (κ3) is 2.73. The molecule has 114 valence electrons. The van der Waals surface area contributed by atoms with E-state index in [1.807, 2.05) is 0 Å². The fourth-order valence-corrected chi connectivity index (χ4v) is 3.18. The zero-order valence-corrected chi connectivity index (χ0v) is 13.0. The number of nitrogens with zero attached hydrogens (tertiary/aromatic N) is 1. The van der Waals surface area contributed by atoms with E-state index in [9.17, 15) is 13.2 Å². The molecule has 1 amide bonds.